The maximum Gasteiger partial charge on any atom is 0.436 e. The average Bonchev–Trinajstić information content (AvgIpc) is 3.10. The molecule has 10 heteroatoms. The van der Waals surface area contributed by atoms with Crippen LogP contribution in [0.25, 0.3) is 22.2 Å². The molecule has 0 fully saturated rings. The Morgan fingerprint density at radius 3 is 2.52 bits per heavy atom. The summed E-state index contributed by atoms with van der Waals surface area (Å²) in [5, 5.41) is 8.04. The van der Waals surface area contributed by atoms with Crippen LogP contribution >= 0.6 is 23.1 Å². The van der Waals surface area contributed by atoms with Crippen molar-refractivity contribution >= 4 is 40.4 Å². The molecule has 0 N–H and O–H groups in total. The third-order valence-corrected chi connectivity index (χ3v) is 5.86. The standard InChI is InChI=1S/C19H11F3N4OS2/c1-10-25-26-18(28-10)29-17-16(19(20,21)22)23-14-7-6-11(8-15(14)24-17)13-5-3-2-4-12(13)9-27/h2-9H,1H3. The third-order valence-electron chi connectivity index (χ3n) is 3.99. The number of alkyl halides is 3. The van der Waals surface area contributed by atoms with Gasteiger partial charge < -0.3 is 0 Å². The van der Waals surface area contributed by atoms with Crippen molar-refractivity contribution in [3.8, 4) is 11.1 Å². The first-order valence-electron chi connectivity index (χ1n) is 8.26. The molecule has 2 aromatic carbocycles. The van der Waals surface area contributed by atoms with Crippen molar-refractivity contribution in [3.63, 3.8) is 0 Å². The van der Waals surface area contributed by atoms with Crippen LogP contribution in [-0.4, -0.2) is 26.5 Å². The van der Waals surface area contributed by atoms with E-state index < -0.39 is 11.9 Å². The van der Waals surface area contributed by atoms with Crippen LogP contribution in [-0.2, 0) is 6.18 Å². The Hall–Kier alpha value is -2.85. The number of halogens is 3. The van der Waals surface area contributed by atoms with E-state index in [1.54, 1.807) is 43.3 Å². The number of nitrogens with zero attached hydrogens (tertiary/aromatic N) is 4. The van der Waals surface area contributed by atoms with E-state index in [4.69, 9.17) is 0 Å². The van der Waals surface area contributed by atoms with Crippen LogP contribution in [0.3, 0.4) is 0 Å². The zero-order chi connectivity index (χ0) is 20.6. The van der Waals surface area contributed by atoms with Gasteiger partial charge >= 0.3 is 6.18 Å². The molecule has 0 amide bonds. The van der Waals surface area contributed by atoms with Crippen molar-refractivity contribution in [2.75, 3.05) is 0 Å². The smallest absolute Gasteiger partial charge is 0.298 e. The van der Waals surface area contributed by atoms with Crippen molar-refractivity contribution in [3.05, 3.63) is 58.7 Å². The molecule has 4 rings (SSSR count). The molecular weight excluding hydrogens is 421 g/mol. The molecule has 0 aliphatic carbocycles. The minimum Gasteiger partial charge on any atom is -0.298 e. The number of benzene rings is 2. The van der Waals surface area contributed by atoms with Gasteiger partial charge in [-0.15, -0.1) is 10.2 Å². The van der Waals surface area contributed by atoms with Crippen LogP contribution in [0, 0.1) is 6.92 Å². The van der Waals surface area contributed by atoms with Crippen LogP contribution in [0.5, 0.6) is 0 Å². The van der Waals surface area contributed by atoms with Crippen LogP contribution in [0.2, 0.25) is 0 Å². The molecule has 0 atom stereocenters. The van der Waals surface area contributed by atoms with Gasteiger partial charge in [0.1, 0.15) is 10.0 Å². The minimum atomic E-state index is -4.66. The Labute approximate surface area is 171 Å². The van der Waals surface area contributed by atoms with Crippen molar-refractivity contribution in [1.82, 2.24) is 20.2 Å². The van der Waals surface area contributed by atoms with E-state index in [9.17, 15) is 18.0 Å². The van der Waals surface area contributed by atoms with Gasteiger partial charge in [0.05, 0.1) is 11.0 Å². The van der Waals surface area contributed by atoms with Gasteiger partial charge in [-0.05, 0) is 41.9 Å². The summed E-state index contributed by atoms with van der Waals surface area (Å²) in [5.41, 5.74) is 1.15. The number of hydrogen-bond acceptors (Lipinski definition) is 7. The zero-order valence-electron chi connectivity index (χ0n) is 14.8. The van der Waals surface area contributed by atoms with E-state index in [0.29, 0.717) is 31.6 Å². The van der Waals surface area contributed by atoms with Gasteiger partial charge in [0, 0.05) is 5.56 Å². The number of carbonyl (C=O) groups is 1. The molecule has 0 saturated heterocycles. The summed E-state index contributed by atoms with van der Waals surface area (Å²) in [6.45, 7) is 1.72. The molecule has 0 unspecified atom stereocenters. The van der Waals surface area contributed by atoms with Crippen molar-refractivity contribution in [1.29, 1.82) is 0 Å². The highest BCUT2D eigenvalue weighted by Crippen LogP contribution is 2.39. The van der Waals surface area contributed by atoms with Crippen molar-refractivity contribution in [2.24, 2.45) is 0 Å². The average molecular weight is 432 g/mol. The minimum absolute atomic E-state index is 0.113. The summed E-state index contributed by atoms with van der Waals surface area (Å²) in [5.74, 6) is 0. The van der Waals surface area contributed by atoms with Crippen LogP contribution in [0.4, 0.5) is 13.2 Å². The second-order valence-corrected chi connectivity index (χ2v) is 8.39. The summed E-state index contributed by atoms with van der Waals surface area (Å²) in [6.07, 6.45) is -3.93. The number of aldehydes is 1. The Kier molecular flexibility index (Phi) is 5.05. The lowest BCUT2D eigenvalue weighted by molar-refractivity contribution is -0.143. The van der Waals surface area contributed by atoms with Gasteiger partial charge in [0.15, 0.2) is 16.3 Å². The molecule has 146 valence electrons. The van der Waals surface area contributed by atoms with E-state index >= 15 is 0 Å². The summed E-state index contributed by atoms with van der Waals surface area (Å²) >= 11 is 1.96. The van der Waals surface area contributed by atoms with Gasteiger partial charge in [-0.1, -0.05) is 41.7 Å². The van der Waals surface area contributed by atoms with Gasteiger partial charge in [0.2, 0.25) is 0 Å². The molecule has 4 aromatic rings. The second kappa shape index (κ2) is 7.53. The number of fused-ring (bicyclic) bond motifs is 1. The molecule has 2 heterocycles. The van der Waals surface area contributed by atoms with Crippen molar-refractivity contribution < 1.29 is 18.0 Å². The topological polar surface area (TPSA) is 68.6 Å². The molecule has 2 aromatic heterocycles. The maximum atomic E-state index is 13.5. The third kappa shape index (κ3) is 3.99. The number of rotatable bonds is 4. The summed E-state index contributed by atoms with van der Waals surface area (Å²) in [6, 6.07) is 11.7. The number of aryl methyl sites for hydroxylation is 1. The molecule has 0 spiro atoms. The number of aromatic nitrogens is 4. The number of hydrogen-bond donors (Lipinski definition) is 0. The number of carbonyl (C=O) groups excluding carboxylic acids is 1. The quantitative estimate of drug-likeness (QED) is 0.400. The molecule has 0 aliphatic rings. The van der Waals surface area contributed by atoms with E-state index in [2.05, 4.69) is 20.2 Å². The normalized spacial score (nSPS) is 11.7. The summed E-state index contributed by atoms with van der Waals surface area (Å²) in [4.78, 5) is 19.3. The predicted octanol–water partition coefficient (Wildman–Crippen LogP) is 5.44. The zero-order valence-corrected chi connectivity index (χ0v) is 16.4. The highest BCUT2D eigenvalue weighted by Gasteiger charge is 2.37. The summed E-state index contributed by atoms with van der Waals surface area (Å²) < 4.78 is 41.0. The maximum absolute atomic E-state index is 13.5. The van der Waals surface area contributed by atoms with E-state index in [0.717, 1.165) is 18.0 Å². The second-order valence-electron chi connectivity index (χ2n) is 5.97. The molecule has 0 aliphatic heterocycles. The van der Waals surface area contributed by atoms with Crippen LogP contribution in [0.15, 0.2) is 51.8 Å². The Morgan fingerprint density at radius 2 is 1.83 bits per heavy atom. The van der Waals surface area contributed by atoms with Crippen LogP contribution in [0.1, 0.15) is 21.1 Å². The fourth-order valence-electron chi connectivity index (χ4n) is 2.73. The van der Waals surface area contributed by atoms with Gasteiger partial charge in [0.25, 0.3) is 0 Å². The van der Waals surface area contributed by atoms with Gasteiger partial charge in [-0.25, -0.2) is 9.97 Å². The van der Waals surface area contributed by atoms with Crippen molar-refractivity contribution in [2.45, 2.75) is 22.5 Å². The molecule has 0 radical (unpaired) electrons. The first-order chi connectivity index (χ1) is 13.8. The predicted molar refractivity (Wildman–Crippen MR) is 104 cm³/mol. The Morgan fingerprint density at radius 1 is 1.03 bits per heavy atom. The lowest BCUT2D eigenvalue weighted by Gasteiger charge is -2.12. The fraction of sp³-hybridized carbons (Fsp3) is 0.105. The highest BCUT2D eigenvalue weighted by atomic mass is 32.2. The largest absolute Gasteiger partial charge is 0.436 e. The van der Waals surface area contributed by atoms with Gasteiger partial charge in [-0.2, -0.15) is 13.2 Å². The Balaban J connectivity index is 1.87. The van der Waals surface area contributed by atoms with E-state index in [1.807, 2.05) is 0 Å². The van der Waals surface area contributed by atoms with Gasteiger partial charge in [-0.3, -0.25) is 4.79 Å². The SMILES string of the molecule is Cc1nnc(Sc2nc3cc(-c4ccccc4C=O)ccc3nc2C(F)(F)F)s1. The fourth-order valence-corrected chi connectivity index (χ4v) is 4.56. The molecule has 0 bridgehead atoms. The Bertz CT molecular complexity index is 1220. The van der Waals surface area contributed by atoms with E-state index in [1.165, 1.54) is 17.4 Å². The lowest BCUT2D eigenvalue weighted by Crippen LogP contribution is -2.11. The highest BCUT2D eigenvalue weighted by molar-refractivity contribution is 8.01. The van der Waals surface area contributed by atoms with Crippen LogP contribution < -0.4 is 0 Å². The first kappa shape index (κ1) is 19.5. The molecular formula is C19H11F3N4OS2. The monoisotopic (exact) mass is 432 g/mol. The molecule has 5 nitrogen and oxygen atoms in total. The lowest BCUT2D eigenvalue weighted by atomic mass is 10.00. The summed E-state index contributed by atoms with van der Waals surface area (Å²) in [7, 11) is 0. The van der Waals surface area contributed by atoms with E-state index in [-0.39, 0.29) is 10.5 Å². The molecule has 0 saturated carbocycles. The molecule has 29 heavy (non-hydrogen) atoms. The first-order valence-corrected chi connectivity index (χ1v) is 9.90.